The highest BCUT2D eigenvalue weighted by molar-refractivity contribution is 7.89. The lowest BCUT2D eigenvalue weighted by Crippen LogP contribution is -2.54. The van der Waals surface area contributed by atoms with E-state index in [1.807, 2.05) is 11.9 Å². The van der Waals surface area contributed by atoms with Gasteiger partial charge in [0.1, 0.15) is 11.2 Å². The Bertz CT molecular complexity index is 1280. The molecule has 1 spiro atoms. The number of fused-ring (bicyclic) bond motifs is 4. The van der Waals surface area contributed by atoms with Crippen LogP contribution < -0.4 is 10.5 Å². The van der Waals surface area contributed by atoms with Crippen LogP contribution in [-0.2, 0) is 26.9 Å². The average molecular weight is 441 g/mol. The zero-order valence-electron chi connectivity index (χ0n) is 17.2. The van der Waals surface area contributed by atoms with Gasteiger partial charge in [0.2, 0.25) is 21.9 Å². The maximum Gasteiger partial charge on any atom is 0.248 e. The van der Waals surface area contributed by atoms with Gasteiger partial charge >= 0.3 is 0 Å². The molecule has 1 aromatic carbocycles. The zero-order valence-corrected chi connectivity index (χ0v) is 18.0. The SMILES string of the molecule is CN1Cc2cc3cnc(Nc4ccc(S(N)(=O)=O)cc4)nc3n2C2(CCCCC2)C1=O. The van der Waals surface area contributed by atoms with Crippen molar-refractivity contribution >= 4 is 38.6 Å². The molecule has 5 rings (SSSR count). The average Bonchev–Trinajstić information content (AvgIpc) is 3.11. The van der Waals surface area contributed by atoms with Gasteiger partial charge in [0, 0.05) is 30.0 Å². The third kappa shape index (κ3) is 3.26. The molecule has 2 aliphatic rings. The first-order chi connectivity index (χ1) is 14.8. The number of primary sulfonamides is 1. The molecule has 2 aromatic heterocycles. The van der Waals surface area contributed by atoms with Crippen LogP contribution in [0.3, 0.4) is 0 Å². The fraction of sp³-hybridized carbons (Fsp3) is 0.381. The molecular formula is C21H24N6O3S. The van der Waals surface area contributed by atoms with Crippen molar-refractivity contribution in [3.63, 3.8) is 0 Å². The van der Waals surface area contributed by atoms with Gasteiger partial charge in [-0.3, -0.25) is 4.79 Å². The van der Waals surface area contributed by atoms with Crippen molar-refractivity contribution in [3.05, 3.63) is 42.2 Å². The summed E-state index contributed by atoms with van der Waals surface area (Å²) < 4.78 is 25.0. The second kappa shape index (κ2) is 7.03. The van der Waals surface area contributed by atoms with Crippen LogP contribution in [0.4, 0.5) is 11.6 Å². The molecule has 1 aliphatic heterocycles. The summed E-state index contributed by atoms with van der Waals surface area (Å²) >= 11 is 0. The van der Waals surface area contributed by atoms with E-state index in [1.165, 1.54) is 12.1 Å². The molecule has 0 bridgehead atoms. The van der Waals surface area contributed by atoms with Crippen LogP contribution in [0, 0.1) is 0 Å². The smallest absolute Gasteiger partial charge is 0.248 e. The minimum absolute atomic E-state index is 0.0388. The molecule has 1 fully saturated rings. The number of nitrogens with one attached hydrogen (secondary N) is 1. The van der Waals surface area contributed by atoms with Gasteiger partial charge in [-0.2, -0.15) is 4.98 Å². The lowest BCUT2D eigenvalue weighted by molar-refractivity contribution is -0.144. The Labute approximate surface area is 180 Å². The number of rotatable bonds is 3. The number of hydrogen-bond acceptors (Lipinski definition) is 6. The number of carbonyl (C=O) groups excluding carboxylic acids is 1. The topological polar surface area (TPSA) is 123 Å². The van der Waals surface area contributed by atoms with E-state index in [0.29, 0.717) is 18.2 Å². The fourth-order valence-electron chi connectivity index (χ4n) is 4.89. The molecule has 9 nitrogen and oxygen atoms in total. The minimum atomic E-state index is -3.75. The van der Waals surface area contributed by atoms with Gasteiger partial charge in [0.05, 0.1) is 11.4 Å². The van der Waals surface area contributed by atoms with Crippen LogP contribution in [0.2, 0.25) is 0 Å². The number of aromatic nitrogens is 3. The monoisotopic (exact) mass is 440 g/mol. The lowest BCUT2D eigenvalue weighted by atomic mass is 9.79. The minimum Gasteiger partial charge on any atom is -0.338 e. The fourth-order valence-corrected chi connectivity index (χ4v) is 5.41. The van der Waals surface area contributed by atoms with Crippen LogP contribution in [0.15, 0.2) is 41.4 Å². The molecule has 31 heavy (non-hydrogen) atoms. The van der Waals surface area contributed by atoms with Crippen molar-refractivity contribution in [2.24, 2.45) is 5.14 Å². The Morgan fingerprint density at radius 1 is 1.13 bits per heavy atom. The third-order valence-corrected chi connectivity index (χ3v) is 7.24. The van der Waals surface area contributed by atoms with Crippen molar-refractivity contribution in [1.29, 1.82) is 0 Å². The quantitative estimate of drug-likeness (QED) is 0.645. The molecule has 0 unspecified atom stereocenters. The molecule has 0 saturated heterocycles. The van der Waals surface area contributed by atoms with Gasteiger partial charge < -0.3 is 14.8 Å². The predicted molar refractivity (Wildman–Crippen MR) is 116 cm³/mol. The van der Waals surface area contributed by atoms with Crippen LogP contribution in [0.5, 0.6) is 0 Å². The normalized spacial score (nSPS) is 18.4. The van der Waals surface area contributed by atoms with Gasteiger partial charge in [-0.15, -0.1) is 0 Å². The van der Waals surface area contributed by atoms with E-state index in [9.17, 15) is 13.2 Å². The number of benzene rings is 1. The summed E-state index contributed by atoms with van der Waals surface area (Å²) in [5.41, 5.74) is 1.88. The molecule has 1 aliphatic carbocycles. The first-order valence-electron chi connectivity index (χ1n) is 10.3. The Balaban J connectivity index is 1.56. The van der Waals surface area contributed by atoms with Crippen molar-refractivity contribution in [2.45, 2.75) is 49.1 Å². The molecule has 0 radical (unpaired) electrons. The van der Waals surface area contributed by atoms with E-state index in [4.69, 9.17) is 10.1 Å². The highest BCUT2D eigenvalue weighted by Gasteiger charge is 2.47. The van der Waals surface area contributed by atoms with Gasteiger partial charge in [-0.05, 0) is 43.2 Å². The first-order valence-corrected chi connectivity index (χ1v) is 11.9. The summed E-state index contributed by atoms with van der Waals surface area (Å²) in [7, 11) is -1.88. The molecule has 3 heterocycles. The van der Waals surface area contributed by atoms with Crippen LogP contribution in [-0.4, -0.2) is 40.8 Å². The van der Waals surface area contributed by atoms with Crippen molar-refractivity contribution in [3.8, 4) is 0 Å². The van der Waals surface area contributed by atoms with Gasteiger partial charge in [-0.1, -0.05) is 19.3 Å². The number of anilines is 2. The zero-order chi connectivity index (χ0) is 21.8. The van der Waals surface area contributed by atoms with Gasteiger partial charge in [0.25, 0.3) is 0 Å². The second-order valence-electron chi connectivity index (χ2n) is 8.39. The molecule has 3 N–H and O–H groups in total. The van der Waals surface area contributed by atoms with E-state index >= 15 is 0 Å². The molecule has 0 atom stereocenters. The van der Waals surface area contributed by atoms with Gasteiger partial charge in [-0.25, -0.2) is 18.5 Å². The Morgan fingerprint density at radius 2 is 1.84 bits per heavy atom. The summed E-state index contributed by atoms with van der Waals surface area (Å²) in [6.07, 6.45) is 6.57. The van der Waals surface area contributed by atoms with Gasteiger partial charge in [0.15, 0.2) is 0 Å². The highest BCUT2D eigenvalue weighted by Crippen LogP contribution is 2.43. The Kier molecular flexibility index (Phi) is 4.52. The summed E-state index contributed by atoms with van der Waals surface area (Å²) in [4.78, 5) is 24.3. The number of sulfonamides is 1. The van der Waals surface area contributed by atoms with Crippen molar-refractivity contribution < 1.29 is 13.2 Å². The molecule has 162 valence electrons. The largest absolute Gasteiger partial charge is 0.338 e. The van der Waals surface area contributed by atoms with Crippen LogP contribution >= 0.6 is 0 Å². The summed E-state index contributed by atoms with van der Waals surface area (Å²) in [5, 5.41) is 9.17. The molecule has 1 amide bonds. The summed E-state index contributed by atoms with van der Waals surface area (Å²) in [6, 6.07) is 8.16. The molecular weight excluding hydrogens is 416 g/mol. The van der Waals surface area contributed by atoms with Crippen molar-refractivity contribution in [2.75, 3.05) is 12.4 Å². The maximum absolute atomic E-state index is 13.3. The summed E-state index contributed by atoms with van der Waals surface area (Å²) in [6.45, 7) is 0.550. The van der Waals surface area contributed by atoms with E-state index < -0.39 is 15.6 Å². The Hall–Kier alpha value is -2.98. The van der Waals surface area contributed by atoms with Crippen LogP contribution in [0.25, 0.3) is 11.0 Å². The maximum atomic E-state index is 13.3. The second-order valence-corrected chi connectivity index (χ2v) is 9.95. The summed E-state index contributed by atoms with van der Waals surface area (Å²) in [5.74, 6) is 0.540. The lowest BCUT2D eigenvalue weighted by Gasteiger charge is -2.44. The standard InChI is InChI=1S/C21H24N6O3S/c1-26-13-16-11-14-12-23-20(24-15-5-7-17(8-6-15)31(22,29)30)25-18(14)27(16)21(19(26)28)9-3-2-4-10-21/h5-8,11-12H,2-4,9-10,13H2,1H3,(H2,22,29,30)(H,23,24,25). The number of nitrogens with zero attached hydrogens (tertiary/aromatic N) is 4. The number of amides is 1. The molecule has 1 saturated carbocycles. The number of likely N-dealkylation sites (N-methyl/N-ethyl adjacent to an activating group) is 1. The Morgan fingerprint density at radius 3 is 2.52 bits per heavy atom. The van der Waals surface area contributed by atoms with E-state index in [0.717, 1.165) is 48.8 Å². The van der Waals surface area contributed by atoms with Crippen LogP contribution in [0.1, 0.15) is 37.8 Å². The molecule has 10 heteroatoms. The molecule has 3 aromatic rings. The number of hydrogen-bond donors (Lipinski definition) is 2. The van der Waals surface area contributed by atoms with Crippen molar-refractivity contribution in [1.82, 2.24) is 19.4 Å². The predicted octanol–water partition coefficient (Wildman–Crippen LogP) is 2.45. The number of nitrogens with two attached hydrogens (primary N) is 1. The van der Waals surface area contributed by atoms with E-state index in [-0.39, 0.29) is 10.8 Å². The number of carbonyl (C=O) groups is 1. The third-order valence-electron chi connectivity index (χ3n) is 6.31. The first kappa shape index (κ1) is 20.0. The van der Waals surface area contributed by atoms with E-state index in [2.05, 4.69) is 20.9 Å². The highest BCUT2D eigenvalue weighted by atomic mass is 32.2. The van der Waals surface area contributed by atoms with E-state index in [1.54, 1.807) is 18.3 Å².